The van der Waals surface area contributed by atoms with Gasteiger partial charge in [0.25, 0.3) is 5.91 Å². The number of thiol groups is 1. The topological polar surface area (TPSA) is 29.1 Å². The summed E-state index contributed by atoms with van der Waals surface area (Å²) in [6.45, 7) is 1.97. The second-order valence-corrected chi connectivity index (χ2v) is 4.87. The van der Waals surface area contributed by atoms with Gasteiger partial charge in [-0.3, -0.25) is 4.79 Å². The number of thiophene rings is 1. The molecule has 1 amide bonds. The smallest absolute Gasteiger partial charge is 0.265 e. The summed E-state index contributed by atoms with van der Waals surface area (Å²) in [6.07, 6.45) is 0. The maximum Gasteiger partial charge on any atom is 0.265 e. The Balaban J connectivity index is 2.17. The van der Waals surface area contributed by atoms with E-state index in [1.165, 1.54) is 11.3 Å². The van der Waals surface area contributed by atoms with E-state index in [-0.39, 0.29) is 5.91 Å². The van der Waals surface area contributed by atoms with E-state index in [0.29, 0.717) is 4.88 Å². The molecule has 0 radical (unpaired) electrons. The SMILES string of the molecule is Cc1ccccc1NC(=O)c1cc(S)cs1. The van der Waals surface area contributed by atoms with Crippen LogP contribution in [-0.4, -0.2) is 5.91 Å². The summed E-state index contributed by atoms with van der Waals surface area (Å²) >= 11 is 5.57. The molecule has 0 unspecified atom stereocenters. The third kappa shape index (κ3) is 2.46. The van der Waals surface area contributed by atoms with Crippen molar-refractivity contribution in [3.05, 3.63) is 46.2 Å². The van der Waals surface area contributed by atoms with Crippen LogP contribution in [-0.2, 0) is 0 Å². The van der Waals surface area contributed by atoms with Gasteiger partial charge in [0.2, 0.25) is 0 Å². The molecular weight excluding hydrogens is 238 g/mol. The van der Waals surface area contributed by atoms with Gasteiger partial charge in [0.15, 0.2) is 0 Å². The minimum absolute atomic E-state index is 0.0837. The predicted octanol–water partition coefficient (Wildman–Crippen LogP) is 3.60. The molecule has 2 rings (SSSR count). The number of para-hydroxylation sites is 1. The summed E-state index contributed by atoms with van der Waals surface area (Å²) < 4.78 is 0. The quantitative estimate of drug-likeness (QED) is 0.782. The molecule has 0 saturated heterocycles. The molecule has 4 heteroatoms. The Hall–Kier alpha value is -1.26. The Morgan fingerprint density at radius 2 is 2.12 bits per heavy atom. The number of hydrogen-bond acceptors (Lipinski definition) is 3. The molecule has 0 aliphatic carbocycles. The van der Waals surface area contributed by atoms with Gasteiger partial charge in [-0.25, -0.2) is 0 Å². The van der Waals surface area contributed by atoms with Crippen molar-refractivity contribution in [3.63, 3.8) is 0 Å². The fraction of sp³-hybridized carbons (Fsp3) is 0.0833. The molecular formula is C12H11NOS2. The molecule has 0 aliphatic rings. The number of anilines is 1. The van der Waals surface area contributed by atoms with Crippen molar-refractivity contribution in [3.8, 4) is 0 Å². The van der Waals surface area contributed by atoms with E-state index in [1.54, 1.807) is 6.07 Å². The van der Waals surface area contributed by atoms with E-state index in [1.807, 2.05) is 36.6 Å². The van der Waals surface area contributed by atoms with Crippen LogP contribution in [0.25, 0.3) is 0 Å². The van der Waals surface area contributed by atoms with Crippen molar-refractivity contribution < 1.29 is 4.79 Å². The Bertz CT molecular complexity index is 519. The number of hydrogen-bond donors (Lipinski definition) is 2. The predicted molar refractivity (Wildman–Crippen MR) is 70.7 cm³/mol. The fourth-order valence-electron chi connectivity index (χ4n) is 1.34. The largest absolute Gasteiger partial charge is 0.321 e. The third-order valence-electron chi connectivity index (χ3n) is 2.20. The highest BCUT2D eigenvalue weighted by molar-refractivity contribution is 7.80. The molecule has 0 spiro atoms. The maximum atomic E-state index is 11.8. The molecule has 2 nitrogen and oxygen atoms in total. The Kier molecular flexibility index (Phi) is 3.31. The Morgan fingerprint density at radius 1 is 1.38 bits per heavy atom. The zero-order chi connectivity index (χ0) is 11.5. The molecule has 0 atom stereocenters. The maximum absolute atomic E-state index is 11.8. The molecule has 1 heterocycles. The summed E-state index contributed by atoms with van der Waals surface area (Å²) in [5.74, 6) is -0.0837. The van der Waals surface area contributed by atoms with Crippen LogP contribution in [0.2, 0.25) is 0 Å². The highest BCUT2D eigenvalue weighted by Gasteiger charge is 2.09. The van der Waals surface area contributed by atoms with Crippen molar-refractivity contribution in [2.45, 2.75) is 11.8 Å². The molecule has 1 aromatic heterocycles. The highest BCUT2D eigenvalue weighted by atomic mass is 32.1. The number of amides is 1. The number of benzene rings is 1. The van der Waals surface area contributed by atoms with Crippen molar-refractivity contribution in [1.82, 2.24) is 0 Å². The molecule has 16 heavy (non-hydrogen) atoms. The first-order chi connectivity index (χ1) is 7.66. The van der Waals surface area contributed by atoms with Crippen LogP contribution in [0.5, 0.6) is 0 Å². The number of nitrogens with one attached hydrogen (secondary N) is 1. The van der Waals surface area contributed by atoms with E-state index in [2.05, 4.69) is 17.9 Å². The zero-order valence-corrected chi connectivity index (χ0v) is 10.4. The van der Waals surface area contributed by atoms with Gasteiger partial charge in [-0.1, -0.05) is 18.2 Å². The van der Waals surface area contributed by atoms with Gasteiger partial charge >= 0.3 is 0 Å². The molecule has 1 aromatic carbocycles. The number of aryl methyl sites for hydroxylation is 1. The first-order valence-electron chi connectivity index (χ1n) is 4.81. The number of carbonyl (C=O) groups is 1. The number of carbonyl (C=O) groups excluding carboxylic acids is 1. The third-order valence-corrected chi connectivity index (χ3v) is 3.56. The Morgan fingerprint density at radius 3 is 2.75 bits per heavy atom. The van der Waals surface area contributed by atoms with Gasteiger partial charge in [0.05, 0.1) is 4.88 Å². The standard InChI is InChI=1S/C12H11NOS2/c1-8-4-2-3-5-10(8)13-12(14)11-6-9(15)7-16-11/h2-7,15H,1H3,(H,13,14). The van der Waals surface area contributed by atoms with Gasteiger partial charge in [-0.15, -0.1) is 24.0 Å². The summed E-state index contributed by atoms with van der Waals surface area (Å²) in [4.78, 5) is 13.3. The minimum Gasteiger partial charge on any atom is -0.321 e. The summed E-state index contributed by atoms with van der Waals surface area (Å²) in [5, 5.41) is 4.72. The Labute approximate surface area is 104 Å². The van der Waals surface area contributed by atoms with E-state index in [9.17, 15) is 4.79 Å². The van der Waals surface area contributed by atoms with Gasteiger partial charge in [-0.05, 0) is 24.6 Å². The fourth-order valence-corrected chi connectivity index (χ4v) is 2.39. The van der Waals surface area contributed by atoms with E-state index >= 15 is 0 Å². The van der Waals surface area contributed by atoms with E-state index in [4.69, 9.17) is 0 Å². The number of rotatable bonds is 2. The average Bonchev–Trinajstić information content (AvgIpc) is 2.68. The van der Waals surface area contributed by atoms with Crippen molar-refractivity contribution >= 4 is 35.6 Å². The lowest BCUT2D eigenvalue weighted by atomic mass is 10.2. The van der Waals surface area contributed by atoms with Crippen molar-refractivity contribution in [2.75, 3.05) is 5.32 Å². The summed E-state index contributed by atoms with van der Waals surface area (Å²) in [7, 11) is 0. The molecule has 0 fully saturated rings. The van der Waals surface area contributed by atoms with E-state index in [0.717, 1.165) is 16.1 Å². The van der Waals surface area contributed by atoms with Crippen LogP contribution in [0.1, 0.15) is 15.2 Å². The zero-order valence-electron chi connectivity index (χ0n) is 8.73. The van der Waals surface area contributed by atoms with Crippen molar-refractivity contribution in [2.24, 2.45) is 0 Å². The monoisotopic (exact) mass is 249 g/mol. The van der Waals surface area contributed by atoms with Crippen LogP contribution in [0.3, 0.4) is 0 Å². The van der Waals surface area contributed by atoms with Crippen LogP contribution in [0.15, 0.2) is 40.6 Å². The second-order valence-electron chi connectivity index (χ2n) is 3.44. The van der Waals surface area contributed by atoms with Crippen LogP contribution >= 0.6 is 24.0 Å². The molecule has 2 aromatic rings. The highest BCUT2D eigenvalue weighted by Crippen LogP contribution is 2.20. The summed E-state index contributed by atoms with van der Waals surface area (Å²) in [6, 6.07) is 9.47. The lowest BCUT2D eigenvalue weighted by molar-refractivity contribution is 0.103. The lowest BCUT2D eigenvalue weighted by Gasteiger charge is -2.06. The molecule has 1 N–H and O–H groups in total. The minimum atomic E-state index is -0.0837. The lowest BCUT2D eigenvalue weighted by Crippen LogP contribution is -2.10. The van der Waals surface area contributed by atoms with Gasteiger partial charge in [0.1, 0.15) is 0 Å². The van der Waals surface area contributed by atoms with Crippen molar-refractivity contribution in [1.29, 1.82) is 0 Å². The molecule has 0 aliphatic heterocycles. The van der Waals surface area contributed by atoms with Crippen LogP contribution in [0, 0.1) is 6.92 Å². The van der Waals surface area contributed by atoms with Crippen LogP contribution in [0.4, 0.5) is 5.69 Å². The summed E-state index contributed by atoms with van der Waals surface area (Å²) in [5.41, 5.74) is 1.90. The molecule has 0 saturated carbocycles. The average molecular weight is 249 g/mol. The van der Waals surface area contributed by atoms with Gasteiger partial charge < -0.3 is 5.32 Å². The van der Waals surface area contributed by atoms with Gasteiger partial charge in [-0.2, -0.15) is 0 Å². The first-order valence-corrected chi connectivity index (χ1v) is 6.14. The van der Waals surface area contributed by atoms with Crippen LogP contribution < -0.4 is 5.32 Å². The molecule has 82 valence electrons. The first kappa shape index (κ1) is 11.2. The molecule has 0 bridgehead atoms. The van der Waals surface area contributed by atoms with E-state index < -0.39 is 0 Å². The normalized spacial score (nSPS) is 10.1. The van der Waals surface area contributed by atoms with Gasteiger partial charge in [0, 0.05) is 16.0 Å². The second kappa shape index (κ2) is 4.72.